The first-order chi connectivity index (χ1) is 12.7. The second-order valence-corrected chi connectivity index (χ2v) is 7.08. The van der Waals surface area contributed by atoms with Gasteiger partial charge in [-0.05, 0) is 24.3 Å². The summed E-state index contributed by atoms with van der Waals surface area (Å²) in [6, 6.07) is 6.34. The van der Waals surface area contributed by atoms with Crippen LogP contribution in [0, 0.1) is 34.6 Å². The van der Waals surface area contributed by atoms with Gasteiger partial charge in [0, 0.05) is 29.6 Å². The van der Waals surface area contributed by atoms with Crippen LogP contribution in [-0.2, 0) is 10.0 Å². The van der Waals surface area contributed by atoms with Gasteiger partial charge in [0.05, 0.1) is 11.3 Å². The number of rotatable bonds is 4. The molecule has 0 saturated carbocycles. The maximum absolute atomic E-state index is 13.9. The Bertz CT molecular complexity index is 1180. The van der Waals surface area contributed by atoms with Crippen LogP contribution in [0.1, 0.15) is 5.56 Å². The van der Waals surface area contributed by atoms with Crippen molar-refractivity contribution in [3.05, 3.63) is 71.4 Å². The molecule has 0 spiro atoms. The summed E-state index contributed by atoms with van der Waals surface area (Å²) in [4.78, 5) is 2.14. The van der Waals surface area contributed by atoms with Gasteiger partial charge < -0.3 is 4.98 Å². The van der Waals surface area contributed by atoms with E-state index < -0.39 is 44.5 Å². The van der Waals surface area contributed by atoms with Crippen molar-refractivity contribution < 1.29 is 26.0 Å². The molecule has 0 unspecified atom stereocenters. The molecule has 0 radical (unpaired) electrons. The van der Waals surface area contributed by atoms with Crippen LogP contribution in [0.2, 0.25) is 0 Å². The molecule has 10 heteroatoms. The first kappa shape index (κ1) is 18.5. The second-order valence-electron chi connectivity index (χ2n) is 5.40. The molecule has 0 saturated heterocycles. The lowest BCUT2D eigenvalue weighted by Gasteiger charge is -2.08. The Labute approximate surface area is 150 Å². The Hall–Kier alpha value is -3.32. The standard InChI is InChI=1S/C17H9F4N3O2S/c18-10-1-2-12(14(20)4-10)16-5-11(8-23-16)27(25,26)24-17-6-13(19)9(7-22)3-15(17)21/h1-6,8,23-24H. The van der Waals surface area contributed by atoms with Gasteiger partial charge in [-0.2, -0.15) is 5.26 Å². The van der Waals surface area contributed by atoms with Crippen molar-refractivity contribution in [1.29, 1.82) is 5.26 Å². The Morgan fingerprint density at radius 2 is 1.70 bits per heavy atom. The molecule has 3 aromatic rings. The predicted molar refractivity (Wildman–Crippen MR) is 88.0 cm³/mol. The van der Waals surface area contributed by atoms with Crippen molar-refractivity contribution in [2.24, 2.45) is 0 Å². The van der Waals surface area contributed by atoms with E-state index >= 15 is 0 Å². The van der Waals surface area contributed by atoms with E-state index in [1.165, 1.54) is 6.07 Å². The average molecular weight is 395 g/mol. The maximum atomic E-state index is 13.9. The van der Waals surface area contributed by atoms with Gasteiger partial charge in [-0.25, -0.2) is 26.0 Å². The van der Waals surface area contributed by atoms with Crippen LogP contribution >= 0.6 is 0 Å². The zero-order chi connectivity index (χ0) is 19.8. The summed E-state index contributed by atoms with van der Waals surface area (Å²) in [5.41, 5.74) is -1.30. The fourth-order valence-corrected chi connectivity index (χ4v) is 3.36. The summed E-state index contributed by atoms with van der Waals surface area (Å²) in [5.74, 6) is -3.94. The van der Waals surface area contributed by atoms with Gasteiger partial charge in [0.15, 0.2) is 0 Å². The molecule has 0 aliphatic rings. The molecule has 0 fully saturated rings. The van der Waals surface area contributed by atoms with Gasteiger partial charge in [-0.15, -0.1) is 0 Å². The van der Waals surface area contributed by atoms with Crippen LogP contribution in [0.15, 0.2) is 47.5 Å². The highest BCUT2D eigenvalue weighted by molar-refractivity contribution is 7.92. The molecule has 27 heavy (non-hydrogen) atoms. The molecule has 5 nitrogen and oxygen atoms in total. The Morgan fingerprint density at radius 1 is 0.963 bits per heavy atom. The van der Waals surface area contributed by atoms with E-state index in [4.69, 9.17) is 5.26 Å². The van der Waals surface area contributed by atoms with Crippen LogP contribution < -0.4 is 4.72 Å². The topological polar surface area (TPSA) is 85.8 Å². The van der Waals surface area contributed by atoms with Gasteiger partial charge >= 0.3 is 0 Å². The molecule has 0 bridgehead atoms. The SMILES string of the molecule is N#Cc1cc(F)c(NS(=O)(=O)c2c[nH]c(-c3ccc(F)cc3F)c2)cc1F. The van der Waals surface area contributed by atoms with E-state index in [1.807, 2.05) is 4.72 Å². The number of H-pyrrole nitrogens is 1. The zero-order valence-corrected chi connectivity index (χ0v) is 14.0. The summed E-state index contributed by atoms with van der Waals surface area (Å²) >= 11 is 0. The summed E-state index contributed by atoms with van der Waals surface area (Å²) in [6.45, 7) is 0. The Morgan fingerprint density at radius 3 is 2.37 bits per heavy atom. The fraction of sp³-hybridized carbons (Fsp3) is 0. The largest absolute Gasteiger partial charge is 0.360 e. The van der Waals surface area contributed by atoms with Gasteiger partial charge in [-0.3, -0.25) is 4.72 Å². The number of nitriles is 1. The first-order valence-electron chi connectivity index (χ1n) is 7.27. The summed E-state index contributed by atoms with van der Waals surface area (Å²) in [7, 11) is -4.35. The molecular formula is C17H9F4N3O2S. The number of nitrogens with one attached hydrogen (secondary N) is 2. The number of aromatic nitrogens is 1. The number of anilines is 1. The first-order valence-corrected chi connectivity index (χ1v) is 8.75. The highest BCUT2D eigenvalue weighted by atomic mass is 32.2. The van der Waals surface area contributed by atoms with Crippen molar-refractivity contribution in [1.82, 2.24) is 4.98 Å². The fourth-order valence-electron chi connectivity index (χ4n) is 2.31. The number of hydrogen-bond acceptors (Lipinski definition) is 3. The van der Waals surface area contributed by atoms with E-state index in [2.05, 4.69) is 4.98 Å². The van der Waals surface area contributed by atoms with Gasteiger partial charge in [0.1, 0.15) is 34.2 Å². The van der Waals surface area contributed by atoms with Crippen LogP contribution in [0.25, 0.3) is 11.3 Å². The number of hydrogen-bond donors (Lipinski definition) is 2. The number of benzene rings is 2. The smallest absolute Gasteiger partial charge is 0.263 e. The van der Waals surface area contributed by atoms with Crippen LogP contribution in [0.5, 0.6) is 0 Å². The number of nitrogens with zero attached hydrogens (tertiary/aromatic N) is 1. The highest BCUT2D eigenvalue weighted by Crippen LogP contribution is 2.27. The van der Waals surface area contributed by atoms with Crippen molar-refractivity contribution in [2.75, 3.05) is 4.72 Å². The van der Waals surface area contributed by atoms with Crippen LogP contribution in [0.4, 0.5) is 23.2 Å². The third-order valence-corrected chi connectivity index (χ3v) is 4.95. The monoisotopic (exact) mass is 395 g/mol. The predicted octanol–water partition coefficient (Wildman–Crippen LogP) is 3.91. The minimum atomic E-state index is -4.35. The van der Waals surface area contributed by atoms with E-state index in [0.29, 0.717) is 18.2 Å². The second kappa shape index (κ2) is 6.77. The summed E-state index contributed by atoms with van der Waals surface area (Å²) in [6.07, 6.45) is 1.01. The van der Waals surface area contributed by atoms with Crippen molar-refractivity contribution in [3.63, 3.8) is 0 Å². The van der Waals surface area contributed by atoms with E-state index in [1.54, 1.807) is 0 Å². The van der Waals surface area contributed by atoms with Crippen LogP contribution in [0.3, 0.4) is 0 Å². The van der Waals surface area contributed by atoms with Crippen molar-refractivity contribution >= 4 is 15.7 Å². The lowest BCUT2D eigenvalue weighted by molar-refractivity contribution is 0.585. The summed E-state index contributed by atoms with van der Waals surface area (Å²) in [5, 5.41) is 8.64. The minimum absolute atomic E-state index is 0.0411. The molecule has 1 heterocycles. The van der Waals surface area contributed by atoms with E-state index in [9.17, 15) is 26.0 Å². The molecule has 0 aliphatic heterocycles. The maximum Gasteiger partial charge on any atom is 0.263 e. The molecule has 0 amide bonds. The highest BCUT2D eigenvalue weighted by Gasteiger charge is 2.21. The van der Waals surface area contributed by atoms with Gasteiger partial charge in [0.2, 0.25) is 0 Å². The summed E-state index contributed by atoms with van der Waals surface area (Å²) < 4.78 is 80.9. The number of sulfonamides is 1. The van der Waals surface area contributed by atoms with Gasteiger partial charge in [-0.1, -0.05) is 0 Å². The van der Waals surface area contributed by atoms with Crippen molar-refractivity contribution in [2.45, 2.75) is 4.90 Å². The minimum Gasteiger partial charge on any atom is -0.360 e. The Balaban J connectivity index is 1.94. The third-order valence-electron chi connectivity index (χ3n) is 3.61. The van der Waals surface area contributed by atoms with Crippen molar-refractivity contribution in [3.8, 4) is 17.3 Å². The number of halogens is 4. The molecule has 3 rings (SSSR count). The lowest BCUT2D eigenvalue weighted by Crippen LogP contribution is -2.13. The molecular weight excluding hydrogens is 386 g/mol. The van der Waals surface area contributed by atoms with E-state index in [0.717, 1.165) is 24.4 Å². The third kappa shape index (κ3) is 3.63. The average Bonchev–Trinajstić information content (AvgIpc) is 3.08. The lowest BCUT2D eigenvalue weighted by atomic mass is 10.1. The van der Waals surface area contributed by atoms with Gasteiger partial charge in [0.25, 0.3) is 10.0 Å². The molecule has 0 aliphatic carbocycles. The Kier molecular flexibility index (Phi) is 4.63. The molecule has 1 aromatic heterocycles. The molecule has 138 valence electrons. The molecule has 2 aromatic carbocycles. The quantitative estimate of drug-likeness (QED) is 0.657. The number of aromatic amines is 1. The van der Waals surface area contributed by atoms with Crippen LogP contribution in [-0.4, -0.2) is 13.4 Å². The normalized spacial score (nSPS) is 11.2. The molecule has 0 atom stereocenters. The zero-order valence-electron chi connectivity index (χ0n) is 13.2. The van der Waals surface area contributed by atoms with E-state index in [-0.39, 0.29) is 16.2 Å². The molecule has 2 N–H and O–H groups in total.